The third-order valence-corrected chi connectivity index (χ3v) is 7.11. The van der Waals surface area contributed by atoms with Crippen LogP contribution in [0.3, 0.4) is 0 Å². The zero-order valence-electron chi connectivity index (χ0n) is 17.7. The maximum atomic E-state index is 13.4. The summed E-state index contributed by atoms with van der Waals surface area (Å²) >= 11 is 1.30. The molecular formula is C23H27N3O3S. The largest absolute Gasteiger partial charge is 0.338 e. The second kappa shape index (κ2) is 8.22. The minimum absolute atomic E-state index is 0.0479. The van der Waals surface area contributed by atoms with Crippen molar-refractivity contribution in [3.63, 3.8) is 0 Å². The molecule has 30 heavy (non-hydrogen) atoms. The van der Waals surface area contributed by atoms with Crippen LogP contribution in [0, 0.1) is 13.8 Å². The van der Waals surface area contributed by atoms with Crippen LogP contribution < -0.4 is 11.2 Å². The number of aryl methyl sites for hydroxylation is 2. The number of thiophene rings is 1. The van der Waals surface area contributed by atoms with E-state index in [2.05, 4.69) is 6.92 Å². The lowest BCUT2D eigenvalue weighted by atomic mass is 10.00. The van der Waals surface area contributed by atoms with Gasteiger partial charge in [0.25, 0.3) is 5.56 Å². The van der Waals surface area contributed by atoms with Gasteiger partial charge in [0.15, 0.2) is 0 Å². The van der Waals surface area contributed by atoms with Crippen molar-refractivity contribution >= 4 is 27.5 Å². The molecule has 4 rings (SSSR count). The van der Waals surface area contributed by atoms with Crippen LogP contribution in [0.15, 0.2) is 39.2 Å². The maximum Gasteiger partial charge on any atom is 0.336 e. The molecule has 1 atom stereocenters. The van der Waals surface area contributed by atoms with Gasteiger partial charge in [-0.25, -0.2) is 9.36 Å². The van der Waals surface area contributed by atoms with Gasteiger partial charge < -0.3 is 4.90 Å². The second-order valence-electron chi connectivity index (χ2n) is 8.06. The van der Waals surface area contributed by atoms with E-state index in [-0.39, 0.29) is 24.1 Å². The molecule has 0 bridgehead atoms. The minimum Gasteiger partial charge on any atom is -0.338 e. The highest BCUT2D eigenvalue weighted by atomic mass is 32.1. The average molecular weight is 426 g/mol. The van der Waals surface area contributed by atoms with Gasteiger partial charge in [0.2, 0.25) is 5.91 Å². The molecule has 0 N–H and O–H groups in total. The normalized spacial score (nSPS) is 16.9. The number of hydrogen-bond acceptors (Lipinski definition) is 4. The van der Waals surface area contributed by atoms with Gasteiger partial charge in [-0.2, -0.15) is 0 Å². The van der Waals surface area contributed by atoms with Crippen LogP contribution in [0.2, 0.25) is 0 Å². The molecule has 7 heteroatoms. The lowest BCUT2D eigenvalue weighted by molar-refractivity contribution is -0.135. The van der Waals surface area contributed by atoms with Gasteiger partial charge in [-0.05, 0) is 74.2 Å². The number of hydrogen-bond donors (Lipinski definition) is 0. The lowest BCUT2D eigenvalue weighted by Crippen LogP contribution is -2.47. The molecule has 1 amide bonds. The molecule has 2 aromatic heterocycles. The first kappa shape index (κ1) is 20.6. The molecule has 158 valence electrons. The smallest absolute Gasteiger partial charge is 0.336 e. The van der Waals surface area contributed by atoms with Crippen LogP contribution in [0.5, 0.6) is 0 Å². The van der Waals surface area contributed by atoms with Crippen molar-refractivity contribution < 1.29 is 4.79 Å². The fraction of sp³-hybridized carbons (Fsp3) is 0.435. The van der Waals surface area contributed by atoms with Crippen molar-refractivity contribution in [2.45, 2.75) is 59.0 Å². The summed E-state index contributed by atoms with van der Waals surface area (Å²) in [6.45, 7) is 6.73. The van der Waals surface area contributed by atoms with Crippen molar-refractivity contribution in [1.82, 2.24) is 14.0 Å². The lowest BCUT2D eigenvalue weighted by Gasteiger charge is -2.35. The van der Waals surface area contributed by atoms with E-state index in [1.807, 2.05) is 30.9 Å². The Bertz CT molecular complexity index is 1220. The van der Waals surface area contributed by atoms with Gasteiger partial charge in [0.1, 0.15) is 11.2 Å². The molecule has 0 saturated carbocycles. The van der Waals surface area contributed by atoms with Gasteiger partial charge in [-0.1, -0.05) is 13.0 Å². The predicted molar refractivity (Wildman–Crippen MR) is 121 cm³/mol. The van der Waals surface area contributed by atoms with Crippen LogP contribution >= 0.6 is 11.3 Å². The summed E-state index contributed by atoms with van der Waals surface area (Å²) in [6.07, 6.45) is 4.05. The fourth-order valence-electron chi connectivity index (χ4n) is 4.31. The quantitative estimate of drug-likeness (QED) is 0.641. The van der Waals surface area contributed by atoms with E-state index >= 15 is 0 Å². The summed E-state index contributed by atoms with van der Waals surface area (Å²) in [4.78, 5) is 41.6. The molecular weight excluding hydrogens is 398 g/mol. The Balaban J connectivity index is 1.83. The molecule has 0 radical (unpaired) electrons. The Morgan fingerprint density at radius 1 is 1.13 bits per heavy atom. The molecule has 0 aliphatic carbocycles. The van der Waals surface area contributed by atoms with Crippen LogP contribution in [-0.2, 0) is 11.3 Å². The third-order valence-electron chi connectivity index (χ3n) is 6.22. The highest BCUT2D eigenvalue weighted by Gasteiger charge is 2.27. The zero-order chi connectivity index (χ0) is 21.4. The van der Waals surface area contributed by atoms with Crippen molar-refractivity contribution in [2.24, 2.45) is 0 Å². The molecule has 1 aromatic carbocycles. The van der Waals surface area contributed by atoms with E-state index in [0.717, 1.165) is 43.4 Å². The van der Waals surface area contributed by atoms with Gasteiger partial charge in [-0.3, -0.25) is 14.2 Å². The molecule has 3 aromatic rings. The van der Waals surface area contributed by atoms with Crippen molar-refractivity contribution in [1.29, 1.82) is 0 Å². The molecule has 1 saturated heterocycles. The van der Waals surface area contributed by atoms with E-state index in [1.165, 1.54) is 20.5 Å². The number of amides is 1. The zero-order valence-corrected chi connectivity index (χ0v) is 18.5. The summed E-state index contributed by atoms with van der Waals surface area (Å²) in [6, 6.07) is 7.53. The SMILES string of the molecule is CCC1CCCCN1C(=O)Cn1c(=O)n(-c2ccc(C)c(C)c2)c(=O)c2sccc21. The number of piperidine rings is 1. The number of carbonyl (C=O) groups excluding carboxylic acids is 1. The highest BCUT2D eigenvalue weighted by Crippen LogP contribution is 2.21. The number of benzene rings is 1. The molecule has 3 heterocycles. The van der Waals surface area contributed by atoms with Crippen LogP contribution in [-0.4, -0.2) is 32.5 Å². The predicted octanol–water partition coefficient (Wildman–Crippen LogP) is 3.62. The Labute approximate surface area is 179 Å². The van der Waals surface area contributed by atoms with E-state index in [1.54, 1.807) is 17.5 Å². The van der Waals surface area contributed by atoms with Gasteiger partial charge in [0.05, 0.1) is 11.2 Å². The van der Waals surface area contributed by atoms with Gasteiger partial charge in [0, 0.05) is 12.6 Å². The fourth-order valence-corrected chi connectivity index (χ4v) is 5.14. The van der Waals surface area contributed by atoms with Crippen LogP contribution in [0.1, 0.15) is 43.7 Å². The Morgan fingerprint density at radius 3 is 2.67 bits per heavy atom. The van der Waals surface area contributed by atoms with Crippen LogP contribution in [0.25, 0.3) is 15.9 Å². The number of likely N-dealkylation sites (tertiary alicyclic amines) is 1. The number of fused-ring (bicyclic) bond motifs is 1. The summed E-state index contributed by atoms with van der Waals surface area (Å²) in [5.74, 6) is -0.0542. The minimum atomic E-state index is -0.465. The first-order valence-electron chi connectivity index (χ1n) is 10.5. The number of aromatic nitrogens is 2. The van der Waals surface area contributed by atoms with Crippen LogP contribution in [0.4, 0.5) is 0 Å². The Hall–Kier alpha value is -2.67. The highest BCUT2D eigenvalue weighted by molar-refractivity contribution is 7.17. The Morgan fingerprint density at radius 2 is 1.93 bits per heavy atom. The van der Waals surface area contributed by atoms with E-state index < -0.39 is 5.69 Å². The van der Waals surface area contributed by atoms with Gasteiger partial charge >= 0.3 is 5.69 Å². The van der Waals surface area contributed by atoms with E-state index in [0.29, 0.717) is 15.9 Å². The number of rotatable bonds is 4. The number of carbonyl (C=O) groups is 1. The van der Waals surface area contributed by atoms with E-state index in [4.69, 9.17) is 0 Å². The molecule has 1 aliphatic rings. The van der Waals surface area contributed by atoms with Gasteiger partial charge in [-0.15, -0.1) is 11.3 Å². The standard InChI is InChI=1S/C23H27N3O3S/c1-4-17-7-5-6-11-24(17)20(27)14-25-19-10-12-30-21(19)22(28)26(23(25)29)18-9-8-15(2)16(3)13-18/h8-10,12-13,17H,4-7,11,14H2,1-3H3. The summed E-state index contributed by atoms with van der Waals surface area (Å²) in [5.41, 5.74) is 2.37. The molecule has 1 unspecified atom stereocenters. The summed E-state index contributed by atoms with van der Waals surface area (Å²) < 4.78 is 3.16. The second-order valence-corrected chi connectivity index (χ2v) is 8.97. The maximum absolute atomic E-state index is 13.4. The first-order chi connectivity index (χ1) is 14.4. The summed E-state index contributed by atoms with van der Waals surface area (Å²) in [5, 5.41) is 1.80. The molecule has 1 fully saturated rings. The van der Waals surface area contributed by atoms with Crippen molar-refractivity contribution in [3.8, 4) is 5.69 Å². The third kappa shape index (κ3) is 3.51. The average Bonchev–Trinajstić information content (AvgIpc) is 3.23. The molecule has 1 aliphatic heterocycles. The monoisotopic (exact) mass is 425 g/mol. The van der Waals surface area contributed by atoms with Crippen molar-refractivity contribution in [2.75, 3.05) is 6.54 Å². The summed E-state index contributed by atoms with van der Waals surface area (Å²) in [7, 11) is 0. The number of nitrogens with zero attached hydrogens (tertiary/aromatic N) is 3. The molecule has 6 nitrogen and oxygen atoms in total. The van der Waals surface area contributed by atoms with E-state index in [9.17, 15) is 14.4 Å². The molecule has 0 spiro atoms. The Kier molecular flexibility index (Phi) is 5.64. The topological polar surface area (TPSA) is 64.3 Å². The first-order valence-corrected chi connectivity index (χ1v) is 11.4. The van der Waals surface area contributed by atoms with Crippen molar-refractivity contribution in [3.05, 3.63) is 61.6 Å².